The van der Waals surface area contributed by atoms with Gasteiger partial charge in [-0.1, -0.05) is 32.6 Å². The van der Waals surface area contributed by atoms with Gasteiger partial charge in [0.25, 0.3) is 0 Å². The Labute approximate surface area is 107 Å². The molecular formula is C14H28N2O. The van der Waals surface area contributed by atoms with Crippen LogP contribution in [0.15, 0.2) is 0 Å². The molecule has 17 heavy (non-hydrogen) atoms. The molecule has 0 spiro atoms. The Balaban J connectivity index is 3.60. The van der Waals surface area contributed by atoms with Crippen LogP contribution in [0.1, 0.15) is 59.8 Å². The molecule has 2 atom stereocenters. The average Bonchev–Trinajstić information content (AvgIpc) is 2.29. The van der Waals surface area contributed by atoms with Gasteiger partial charge in [0.2, 0.25) is 0 Å². The Morgan fingerprint density at radius 2 is 1.88 bits per heavy atom. The molecule has 0 heterocycles. The molecule has 0 aliphatic rings. The maximum absolute atomic E-state index is 8.94. The van der Waals surface area contributed by atoms with Gasteiger partial charge in [-0.15, -0.1) is 0 Å². The van der Waals surface area contributed by atoms with E-state index in [1.807, 2.05) is 13.8 Å². The minimum atomic E-state index is -0.187. The van der Waals surface area contributed by atoms with Gasteiger partial charge in [-0.3, -0.25) is 5.32 Å². The Morgan fingerprint density at radius 3 is 2.41 bits per heavy atom. The first-order valence-electron chi connectivity index (χ1n) is 6.87. The summed E-state index contributed by atoms with van der Waals surface area (Å²) in [5.41, 5.74) is 0. The van der Waals surface area contributed by atoms with E-state index in [4.69, 9.17) is 10.00 Å². The lowest BCUT2D eigenvalue weighted by atomic mass is 10.1. The van der Waals surface area contributed by atoms with Crippen LogP contribution >= 0.6 is 0 Å². The van der Waals surface area contributed by atoms with Gasteiger partial charge >= 0.3 is 0 Å². The summed E-state index contributed by atoms with van der Waals surface area (Å²) in [6, 6.07) is 2.36. The van der Waals surface area contributed by atoms with Crippen molar-refractivity contribution < 1.29 is 4.74 Å². The SMILES string of the molecule is CCCCCCC(C)OCC(C#N)NC(C)C. The smallest absolute Gasteiger partial charge is 0.119 e. The predicted octanol–water partition coefficient (Wildman–Crippen LogP) is 3.25. The van der Waals surface area contributed by atoms with Crippen LogP contribution in [0.25, 0.3) is 0 Å². The van der Waals surface area contributed by atoms with E-state index in [-0.39, 0.29) is 12.1 Å². The van der Waals surface area contributed by atoms with Crippen LogP contribution in [0.4, 0.5) is 0 Å². The van der Waals surface area contributed by atoms with Gasteiger partial charge in [0, 0.05) is 6.04 Å². The van der Waals surface area contributed by atoms with E-state index in [0.717, 1.165) is 6.42 Å². The van der Waals surface area contributed by atoms with E-state index >= 15 is 0 Å². The van der Waals surface area contributed by atoms with E-state index in [2.05, 4.69) is 25.2 Å². The van der Waals surface area contributed by atoms with Gasteiger partial charge in [0.05, 0.1) is 18.8 Å². The number of rotatable bonds is 10. The molecule has 0 aromatic rings. The van der Waals surface area contributed by atoms with Gasteiger partial charge in [0.15, 0.2) is 0 Å². The highest BCUT2D eigenvalue weighted by Gasteiger charge is 2.10. The van der Waals surface area contributed by atoms with E-state index < -0.39 is 0 Å². The van der Waals surface area contributed by atoms with Crippen LogP contribution in [0, 0.1) is 11.3 Å². The third kappa shape index (κ3) is 10.3. The molecule has 0 aliphatic carbocycles. The maximum Gasteiger partial charge on any atom is 0.119 e. The molecule has 0 aromatic heterocycles. The molecule has 0 fully saturated rings. The van der Waals surface area contributed by atoms with Gasteiger partial charge in [-0.2, -0.15) is 5.26 Å². The van der Waals surface area contributed by atoms with Crippen LogP contribution in [-0.2, 0) is 4.74 Å². The van der Waals surface area contributed by atoms with Crippen LogP contribution in [-0.4, -0.2) is 24.8 Å². The first-order valence-corrected chi connectivity index (χ1v) is 6.87. The van der Waals surface area contributed by atoms with Gasteiger partial charge in [-0.05, 0) is 27.2 Å². The minimum Gasteiger partial charge on any atom is -0.376 e. The normalized spacial score (nSPS) is 14.6. The van der Waals surface area contributed by atoms with Crippen molar-refractivity contribution in [3.8, 4) is 6.07 Å². The van der Waals surface area contributed by atoms with E-state index in [1.165, 1.54) is 25.7 Å². The van der Waals surface area contributed by atoms with Gasteiger partial charge in [-0.25, -0.2) is 0 Å². The molecule has 3 heteroatoms. The summed E-state index contributed by atoms with van der Waals surface area (Å²) < 4.78 is 5.69. The third-order valence-electron chi connectivity index (χ3n) is 2.70. The molecule has 0 saturated carbocycles. The molecule has 0 aliphatic heterocycles. The topological polar surface area (TPSA) is 45.0 Å². The fourth-order valence-corrected chi connectivity index (χ4v) is 1.73. The summed E-state index contributed by atoms with van der Waals surface area (Å²) in [6.45, 7) is 8.88. The molecule has 3 nitrogen and oxygen atoms in total. The monoisotopic (exact) mass is 240 g/mol. The van der Waals surface area contributed by atoms with Crippen LogP contribution < -0.4 is 5.32 Å². The number of hydrogen-bond acceptors (Lipinski definition) is 3. The second kappa shape index (κ2) is 10.6. The zero-order valence-electron chi connectivity index (χ0n) is 11.8. The number of nitrogens with one attached hydrogen (secondary N) is 1. The van der Waals surface area contributed by atoms with Crippen molar-refractivity contribution in [3.63, 3.8) is 0 Å². The van der Waals surface area contributed by atoms with Crippen molar-refractivity contribution in [2.75, 3.05) is 6.61 Å². The lowest BCUT2D eigenvalue weighted by Gasteiger charge is -2.18. The predicted molar refractivity (Wildman–Crippen MR) is 71.8 cm³/mol. The highest BCUT2D eigenvalue weighted by molar-refractivity contribution is 4.90. The molecular weight excluding hydrogens is 212 g/mol. The summed E-state index contributed by atoms with van der Waals surface area (Å²) in [5, 5.41) is 12.1. The van der Waals surface area contributed by atoms with Crippen molar-refractivity contribution >= 4 is 0 Å². The lowest BCUT2D eigenvalue weighted by molar-refractivity contribution is 0.0501. The first kappa shape index (κ1) is 16.4. The second-order valence-corrected chi connectivity index (χ2v) is 5.00. The molecule has 2 unspecified atom stereocenters. The van der Waals surface area contributed by atoms with Crippen LogP contribution in [0.3, 0.4) is 0 Å². The molecule has 0 bridgehead atoms. The highest BCUT2D eigenvalue weighted by Crippen LogP contribution is 2.08. The number of nitriles is 1. The standard InChI is InChI=1S/C14H28N2O/c1-5-6-7-8-9-13(4)17-11-14(10-15)16-12(2)3/h12-14,16H,5-9,11H2,1-4H3. The maximum atomic E-state index is 8.94. The highest BCUT2D eigenvalue weighted by atomic mass is 16.5. The number of ether oxygens (including phenoxy) is 1. The fourth-order valence-electron chi connectivity index (χ4n) is 1.73. The fraction of sp³-hybridized carbons (Fsp3) is 0.929. The second-order valence-electron chi connectivity index (χ2n) is 5.00. The van der Waals surface area contributed by atoms with Gasteiger partial charge < -0.3 is 4.74 Å². The van der Waals surface area contributed by atoms with Crippen molar-refractivity contribution in [3.05, 3.63) is 0 Å². The Kier molecular flexibility index (Phi) is 10.2. The number of nitrogens with zero attached hydrogens (tertiary/aromatic N) is 1. The summed E-state index contributed by atoms with van der Waals surface area (Å²) in [6.07, 6.45) is 6.45. The quantitative estimate of drug-likeness (QED) is 0.596. The van der Waals surface area contributed by atoms with Crippen molar-refractivity contribution in [2.45, 2.75) is 78.0 Å². The van der Waals surface area contributed by atoms with Crippen molar-refractivity contribution in [1.29, 1.82) is 5.26 Å². The Bertz CT molecular complexity index is 211. The summed E-state index contributed by atoms with van der Waals surface area (Å²) in [4.78, 5) is 0. The summed E-state index contributed by atoms with van der Waals surface area (Å²) in [7, 11) is 0. The van der Waals surface area contributed by atoms with Crippen LogP contribution in [0.5, 0.6) is 0 Å². The molecule has 0 aromatic carbocycles. The Hall–Kier alpha value is -0.590. The number of hydrogen-bond donors (Lipinski definition) is 1. The summed E-state index contributed by atoms with van der Waals surface area (Å²) >= 11 is 0. The van der Waals surface area contributed by atoms with Gasteiger partial charge in [0.1, 0.15) is 6.04 Å². The van der Waals surface area contributed by atoms with Crippen molar-refractivity contribution in [1.82, 2.24) is 5.32 Å². The zero-order valence-corrected chi connectivity index (χ0v) is 11.8. The molecule has 0 amide bonds. The molecule has 0 saturated heterocycles. The van der Waals surface area contributed by atoms with E-state index in [9.17, 15) is 0 Å². The Morgan fingerprint density at radius 1 is 1.18 bits per heavy atom. The average molecular weight is 240 g/mol. The largest absolute Gasteiger partial charge is 0.376 e. The zero-order chi connectivity index (χ0) is 13.1. The van der Waals surface area contributed by atoms with E-state index in [0.29, 0.717) is 12.6 Å². The molecule has 100 valence electrons. The van der Waals surface area contributed by atoms with E-state index in [1.54, 1.807) is 0 Å². The third-order valence-corrected chi connectivity index (χ3v) is 2.70. The molecule has 1 N–H and O–H groups in total. The lowest BCUT2D eigenvalue weighted by Crippen LogP contribution is -2.37. The first-order chi connectivity index (χ1) is 8.10. The van der Waals surface area contributed by atoms with Crippen molar-refractivity contribution in [2.24, 2.45) is 0 Å². The summed E-state index contributed by atoms with van der Waals surface area (Å²) in [5.74, 6) is 0. The minimum absolute atomic E-state index is 0.187. The molecule has 0 radical (unpaired) electrons. The van der Waals surface area contributed by atoms with Crippen LogP contribution in [0.2, 0.25) is 0 Å². The number of unbranched alkanes of at least 4 members (excludes halogenated alkanes) is 3. The molecule has 0 rings (SSSR count).